The fourth-order valence-corrected chi connectivity index (χ4v) is 1.90. The third-order valence-corrected chi connectivity index (χ3v) is 3.15. The molecule has 1 amide bonds. The maximum Gasteiger partial charge on any atom is 0.344 e. The normalized spacial score (nSPS) is 11.4. The first kappa shape index (κ1) is 17.5. The molecular formula is C18H20N2O4. The van der Waals surface area contributed by atoms with Gasteiger partial charge in [-0.3, -0.25) is 4.79 Å². The predicted molar refractivity (Wildman–Crippen MR) is 88.9 cm³/mol. The molecule has 0 aliphatic carbocycles. The number of aromatic nitrogens is 1. The van der Waals surface area contributed by atoms with E-state index in [1.54, 1.807) is 24.3 Å². The second-order valence-corrected chi connectivity index (χ2v) is 5.11. The molecule has 2 rings (SSSR count). The number of nitrogens with one attached hydrogen (secondary N) is 1. The van der Waals surface area contributed by atoms with Crippen LogP contribution in [0.25, 0.3) is 0 Å². The second-order valence-electron chi connectivity index (χ2n) is 5.11. The monoisotopic (exact) mass is 328 g/mol. The number of nitrogens with zero attached hydrogens (tertiary/aromatic N) is 1. The molecule has 24 heavy (non-hydrogen) atoms. The van der Waals surface area contributed by atoms with Gasteiger partial charge < -0.3 is 14.8 Å². The first-order chi connectivity index (χ1) is 11.6. The van der Waals surface area contributed by atoms with E-state index in [-0.39, 0.29) is 17.4 Å². The molecule has 1 aromatic heterocycles. The number of ether oxygens (including phenoxy) is 2. The average Bonchev–Trinajstić information content (AvgIpc) is 2.60. The Balaban J connectivity index is 2.08. The summed E-state index contributed by atoms with van der Waals surface area (Å²) in [6.45, 7) is 4.01. The lowest BCUT2D eigenvalue weighted by atomic mass is 10.2. The van der Waals surface area contributed by atoms with Crippen molar-refractivity contribution >= 4 is 11.9 Å². The van der Waals surface area contributed by atoms with Crippen LogP contribution in [-0.4, -0.2) is 29.5 Å². The molecule has 1 aromatic carbocycles. The van der Waals surface area contributed by atoms with Crippen molar-refractivity contribution in [2.45, 2.75) is 26.4 Å². The van der Waals surface area contributed by atoms with Gasteiger partial charge in [-0.1, -0.05) is 25.1 Å². The number of para-hydroxylation sites is 1. The molecule has 0 bridgehead atoms. The molecule has 0 unspecified atom stereocenters. The van der Waals surface area contributed by atoms with Crippen LogP contribution >= 0.6 is 0 Å². The van der Waals surface area contributed by atoms with E-state index in [4.69, 9.17) is 9.47 Å². The van der Waals surface area contributed by atoms with E-state index < -0.39 is 12.1 Å². The zero-order chi connectivity index (χ0) is 17.4. The third-order valence-electron chi connectivity index (χ3n) is 3.15. The molecule has 126 valence electrons. The van der Waals surface area contributed by atoms with E-state index in [2.05, 4.69) is 10.3 Å². The standard InChI is InChI=1S/C18H20N2O4/c1-3-11-19-16(21)13(2)23-18(22)15-10-7-12-20-17(15)24-14-8-5-4-6-9-14/h4-10,12-13H,3,11H2,1-2H3,(H,19,21)/t13-/m1/s1. The Labute approximate surface area is 140 Å². The summed E-state index contributed by atoms with van der Waals surface area (Å²) in [6.07, 6.45) is 1.44. The molecule has 0 aliphatic heterocycles. The van der Waals surface area contributed by atoms with Gasteiger partial charge in [-0.2, -0.15) is 0 Å². The van der Waals surface area contributed by atoms with Crippen LogP contribution in [0.3, 0.4) is 0 Å². The lowest BCUT2D eigenvalue weighted by Crippen LogP contribution is -2.36. The first-order valence-electron chi connectivity index (χ1n) is 7.78. The molecule has 0 spiro atoms. The van der Waals surface area contributed by atoms with Crippen LogP contribution in [0.15, 0.2) is 48.7 Å². The van der Waals surface area contributed by atoms with Crippen LogP contribution in [-0.2, 0) is 9.53 Å². The molecule has 0 aliphatic rings. The number of carbonyl (C=O) groups excluding carboxylic acids is 2. The van der Waals surface area contributed by atoms with Gasteiger partial charge in [-0.05, 0) is 37.6 Å². The van der Waals surface area contributed by atoms with Crippen molar-refractivity contribution in [2.75, 3.05) is 6.54 Å². The lowest BCUT2D eigenvalue weighted by molar-refractivity contribution is -0.129. The van der Waals surface area contributed by atoms with Gasteiger partial charge in [-0.15, -0.1) is 0 Å². The highest BCUT2D eigenvalue weighted by Gasteiger charge is 2.22. The van der Waals surface area contributed by atoms with E-state index in [0.29, 0.717) is 12.3 Å². The Morgan fingerprint density at radius 3 is 2.62 bits per heavy atom. The van der Waals surface area contributed by atoms with E-state index in [0.717, 1.165) is 6.42 Å². The number of pyridine rings is 1. The van der Waals surface area contributed by atoms with Crippen molar-refractivity contribution < 1.29 is 19.1 Å². The Kier molecular flexibility index (Phi) is 6.31. The van der Waals surface area contributed by atoms with Gasteiger partial charge in [0.1, 0.15) is 11.3 Å². The highest BCUT2D eigenvalue weighted by molar-refractivity contribution is 5.94. The Morgan fingerprint density at radius 2 is 1.92 bits per heavy atom. The summed E-state index contributed by atoms with van der Waals surface area (Å²) in [5, 5.41) is 2.68. The summed E-state index contributed by atoms with van der Waals surface area (Å²) in [4.78, 5) is 28.2. The topological polar surface area (TPSA) is 77.5 Å². The van der Waals surface area contributed by atoms with Crippen LogP contribution in [0.4, 0.5) is 0 Å². The number of amides is 1. The summed E-state index contributed by atoms with van der Waals surface area (Å²) < 4.78 is 10.8. The molecule has 1 heterocycles. The van der Waals surface area contributed by atoms with Crippen molar-refractivity contribution in [1.29, 1.82) is 0 Å². The van der Waals surface area contributed by atoms with Gasteiger partial charge in [0.05, 0.1) is 0 Å². The van der Waals surface area contributed by atoms with Gasteiger partial charge in [0.2, 0.25) is 5.88 Å². The number of rotatable bonds is 7. The lowest BCUT2D eigenvalue weighted by Gasteiger charge is -2.14. The molecule has 6 heteroatoms. The van der Waals surface area contributed by atoms with Crippen LogP contribution in [0.1, 0.15) is 30.6 Å². The number of carbonyl (C=O) groups is 2. The second kappa shape index (κ2) is 8.67. The highest BCUT2D eigenvalue weighted by Crippen LogP contribution is 2.23. The summed E-state index contributed by atoms with van der Waals surface area (Å²) in [7, 11) is 0. The maximum absolute atomic E-state index is 12.3. The van der Waals surface area contributed by atoms with Crippen molar-refractivity contribution in [3.8, 4) is 11.6 Å². The summed E-state index contributed by atoms with van der Waals surface area (Å²) in [6, 6.07) is 12.2. The molecule has 0 radical (unpaired) electrons. The van der Waals surface area contributed by atoms with Gasteiger partial charge >= 0.3 is 5.97 Å². The van der Waals surface area contributed by atoms with Crippen molar-refractivity contribution in [1.82, 2.24) is 10.3 Å². The van der Waals surface area contributed by atoms with Crippen molar-refractivity contribution in [3.63, 3.8) is 0 Å². The van der Waals surface area contributed by atoms with E-state index >= 15 is 0 Å². The summed E-state index contributed by atoms with van der Waals surface area (Å²) >= 11 is 0. The van der Waals surface area contributed by atoms with Gasteiger partial charge in [0.15, 0.2) is 6.10 Å². The van der Waals surface area contributed by atoms with Crippen LogP contribution in [0, 0.1) is 0 Å². The first-order valence-corrected chi connectivity index (χ1v) is 7.78. The third kappa shape index (κ3) is 4.81. The minimum absolute atomic E-state index is 0.134. The van der Waals surface area contributed by atoms with Gasteiger partial charge in [0.25, 0.3) is 5.91 Å². The molecule has 1 N–H and O–H groups in total. The molecular weight excluding hydrogens is 308 g/mol. The summed E-state index contributed by atoms with van der Waals surface area (Å²) in [5.74, 6) is -0.304. The molecule has 6 nitrogen and oxygen atoms in total. The molecule has 0 saturated heterocycles. The van der Waals surface area contributed by atoms with E-state index in [1.165, 1.54) is 13.1 Å². The minimum atomic E-state index is -0.895. The quantitative estimate of drug-likeness (QED) is 0.791. The van der Waals surface area contributed by atoms with E-state index in [9.17, 15) is 9.59 Å². The van der Waals surface area contributed by atoms with Crippen LogP contribution < -0.4 is 10.1 Å². The van der Waals surface area contributed by atoms with Crippen molar-refractivity contribution in [3.05, 3.63) is 54.2 Å². The minimum Gasteiger partial charge on any atom is -0.449 e. The average molecular weight is 328 g/mol. The number of hydrogen-bond donors (Lipinski definition) is 1. The van der Waals surface area contributed by atoms with Crippen LogP contribution in [0.2, 0.25) is 0 Å². The molecule has 1 atom stereocenters. The molecule has 2 aromatic rings. The number of hydrogen-bond acceptors (Lipinski definition) is 5. The molecule has 0 fully saturated rings. The van der Waals surface area contributed by atoms with Crippen molar-refractivity contribution in [2.24, 2.45) is 0 Å². The molecule has 0 saturated carbocycles. The largest absolute Gasteiger partial charge is 0.449 e. The fraction of sp³-hybridized carbons (Fsp3) is 0.278. The Morgan fingerprint density at radius 1 is 1.17 bits per heavy atom. The summed E-state index contributed by atoms with van der Waals surface area (Å²) in [5.41, 5.74) is 0.163. The Hall–Kier alpha value is -2.89. The van der Waals surface area contributed by atoms with Gasteiger partial charge in [0, 0.05) is 12.7 Å². The number of benzene rings is 1. The predicted octanol–water partition coefficient (Wildman–Crippen LogP) is 2.95. The maximum atomic E-state index is 12.3. The Bertz CT molecular complexity index is 688. The zero-order valence-corrected chi connectivity index (χ0v) is 13.7. The number of esters is 1. The van der Waals surface area contributed by atoms with Gasteiger partial charge in [-0.25, -0.2) is 9.78 Å². The highest BCUT2D eigenvalue weighted by atomic mass is 16.6. The van der Waals surface area contributed by atoms with Crippen LogP contribution in [0.5, 0.6) is 11.6 Å². The SMILES string of the molecule is CCCNC(=O)[C@@H](C)OC(=O)c1cccnc1Oc1ccccc1. The fourth-order valence-electron chi connectivity index (χ4n) is 1.90. The zero-order valence-electron chi connectivity index (χ0n) is 13.7. The smallest absolute Gasteiger partial charge is 0.344 e. The van der Waals surface area contributed by atoms with E-state index in [1.807, 2.05) is 25.1 Å².